The molecule has 1 unspecified atom stereocenters. The molecule has 0 saturated heterocycles. The van der Waals surface area contributed by atoms with Crippen molar-refractivity contribution in [3.63, 3.8) is 0 Å². The first-order chi connectivity index (χ1) is 7.50. The Kier molecular flexibility index (Phi) is 4.49. The highest BCUT2D eigenvalue weighted by Gasteiger charge is 2.02. The molecule has 1 heterocycles. The molecule has 1 atom stereocenters. The molecule has 0 aliphatic carbocycles. The van der Waals surface area contributed by atoms with E-state index in [2.05, 4.69) is 5.10 Å². The van der Waals surface area contributed by atoms with E-state index >= 15 is 0 Å². The van der Waals surface area contributed by atoms with Gasteiger partial charge in [0.15, 0.2) is 0 Å². The monoisotopic (exact) mass is 225 g/mol. The summed E-state index contributed by atoms with van der Waals surface area (Å²) in [6.07, 6.45) is 2.79. The van der Waals surface area contributed by atoms with Gasteiger partial charge in [0.05, 0.1) is 18.0 Å². The summed E-state index contributed by atoms with van der Waals surface area (Å²) in [5.41, 5.74) is 0.702. The smallest absolute Gasteiger partial charge is 0.268 e. The number of aryl methyl sites for hydroxylation is 1. The van der Waals surface area contributed by atoms with Crippen molar-refractivity contribution >= 4 is 5.69 Å². The topological polar surface area (TPSA) is 58.4 Å². The van der Waals surface area contributed by atoms with Gasteiger partial charge in [0.25, 0.3) is 5.56 Å². The molecule has 1 aromatic rings. The Morgan fingerprint density at radius 3 is 2.75 bits per heavy atom. The summed E-state index contributed by atoms with van der Waals surface area (Å²) in [4.78, 5) is 13.5. The number of aliphatic hydroxyl groups is 1. The van der Waals surface area contributed by atoms with Crippen LogP contribution in [0.25, 0.3) is 0 Å². The molecule has 16 heavy (non-hydrogen) atoms. The Balaban J connectivity index is 2.65. The second kappa shape index (κ2) is 5.65. The van der Waals surface area contributed by atoms with E-state index < -0.39 is 0 Å². The maximum absolute atomic E-state index is 11.6. The lowest BCUT2D eigenvalue weighted by Gasteiger charge is -2.12. The van der Waals surface area contributed by atoms with Gasteiger partial charge >= 0.3 is 0 Å². The molecule has 0 aliphatic heterocycles. The minimum absolute atomic E-state index is 0.100. The minimum atomic E-state index is -0.322. The van der Waals surface area contributed by atoms with Gasteiger partial charge in [-0.25, -0.2) is 4.68 Å². The summed E-state index contributed by atoms with van der Waals surface area (Å²) < 4.78 is 1.43. The van der Waals surface area contributed by atoms with Crippen molar-refractivity contribution < 1.29 is 5.11 Å². The molecule has 0 spiro atoms. The largest absolute Gasteiger partial charge is 0.393 e. The van der Waals surface area contributed by atoms with Crippen LogP contribution in [0, 0.1) is 0 Å². The lowest BCUT2D eigenvalue weighted by Crippen LogP contribution is -2.24. The molecule has 5 heteroatoms. The molecule has 1 rings (SSSR count). The van der Waals surface area contributed by atoms with Gasteiger partial charge in [-0.15, -0.1) is 0 Å². The molecule has 90 valence electrons. The van der Waals surface area contributed by atoms with E-state index in [1.165, 1.54) is 4.68 Å². The van der Waals surface area contributed by atoms with Gasteiger partial charge in [0.1, 0.15) is 0 Å². The van der Waals surface area contributed by atoms with E-state index in [1.807, 2.05) is 19.0 Å². The van der Waals surface area contributed by atoms with Gasteiger partial charge in [-0.05, 0) is 19.8 Å². The lowest BCUT2D eigenvalue weighted by atomic mass is 10.2. The van der Waals surface area contributed by atoms with Crippen LogP contribution >= 0.6 is 0 Å². The van der Waals surface area contributed by atoms with Crippen LogP contribution in [0.4, 0.5) is 5.69 Å². The average Bonchev–Trinajstić information content (AvgIpc) is 2.19. The van der Waals surface area contributed by atoms with E-state index in [1.54, 1.807) is 19.2 Å². The summed E-state index contributed by atoms with van der Waals surface area (Å²) in [6, 6.07) is 1.56. The Bertz CT molecular complexity index is 385. The van der Waals surface area contributed by atoms with E-state index in [0.717, 1.165) is 12.1 Å². The van der Waals surface area contributed by atoms with E-state index in [-0.39, 0.29) is 11.7 Å². The van der Waals surface area contributed by atoms with Crippen molar-refractivity contribution in [1.29, 1.82) is 0 Å². The summed E-state index contributed by atoms with van der Waals surface area (Å²) in [6.45, 7) is 2.29. The van der Waals surface area contributed by atoms with Crippen LogP contribution in [0.1, 0.15) is 19.8 Å². The zero-order chi connectivity index (χ0) is 12.1. The van der Waals surface area contributed by atoms with Crippen LogP contribution in [0.5, 0.6) is 0 Å². The number of nitrogens with zero attached hydrogens (tertiary/aromatic N) is 3. The first-order valence-corrected chi connectivity index (χ1v) is 5.43. The summed E-state index contributed by atoms with van der Waals surface area (Å²) in [7, 11) is 3.74. The fourth-order valence-corrected chi connectivity index (χ4v) is 1.37. The first kappa shape index (κ1) is 12.7. The third-order valence-electron chi connectivity index (χ3n) is 2.36. The van der Waals surface area contributed by atoms with Gasteiger partial charge in [0.2, 0.25) is 0 Å². The molecule has 0 fully saturated rings. The highest BCUT2D eigenvalue weighted by Crippen LogP contribution is 2.04. The van der Waals surface area contributed by atoms with Crippen LogP contribution in [-0.4, -0.2) is 35.1 Å². The Morgan fingerprint density at radius 1 is 1.56 bits per heavy atom. The van der Waals surface area contributed by atoms with Crippen LogP contribution < -0.4 is 10.5 Å². The SMILES string of the molecule is CC(O)CCCn1ncc(N(C)C)cc1=O. The number of rotatable bonds is 5. The fourth-order valence-electron chi connectivity index (χ4n) is 1.37. The third-order valence-corrected chi connectivity index (χ3v) is 2.36. The van der Waals surface area contributed by atoms with E-state index in [0.29, 0.717) is 13.0 Å². The zero-order valence-electron chi connectivity index (χ0n) is 10.1. The van der Waals surface area contributed by atoms with E-state index in [9.17, 15) is 4.79 Å². The van der Waals surface area contributed by atoms with Gasteiger partial charge in [-0.1, -0.05) is 0 Å². The predicted molar refractivity (Wildman–Crippen MR) is 63.7 cm³/mol. The lowest BCUT2D eigenvalue weighted by molar-refractivity contribution is 0.178. The average molecular weight is 225 g/mol. The molecule has 1 N–H and O–H groups in total. The van der Waals surface area contributed by atoms with Crippen molar-refractivity contribution in [3.05, 3.63) is 22.6 Å². The van der Waals surface area contributed by atoms with E-state index in [4.69, 9.17) is 5.11 Å². The molecular weight excluding hydrogens is 206 g/mol. The molecule has 0 aromatic carbocycles. The third kappa shape index (κ3) is 3.66. The van der Waals surface area contributed by atoms with Gasteiger partial charge < -0.3 is 10.0 Å². The molecule has 1 aromatic heterocycles. The quantitative estimate of drug-likeness (QED) is 0.791. The van der Waals surface area contributed by atoms with Crippen molar-refractivity contribution in [2.45, 2.75) is 32.4 Å². The van der Waals surface area contributed by atoms with Crippen molar-refractivity contribution in [3.8, 4) is 0 Å². The Morgan fingerprint density at radius 2 is 2.25 bits per heavy atom. The molecule has 0 radical (unpaired) electrons. The van der Waals surface area contributed by atoms with Crippen LogP contribution in [0.2, 0.25) is 0 Å². The maximum atomic E-state index is 11.6. The number of anilines is 1. The first-order valence-electron chi connectivity index (χ1n) is 5.43. The van der Waals surface area contributed by atoms with Crippen LogP contribution in [0.3, 0.4) is 0 Å². The molecule has 0 bridgehead atoms. The van der Waals surface area contributed by atoms with Crippen LogP contribution in [0.15, 0.2) is 17.1 Å². The van der Waals surface area contributed by atoms with Crippen molar-refractivity contribution in [2.75, 3.05) is 19.0 Å². The fraction of sp³-hybridized carbons (Fsp3) is 0.636. The second-order valence-corrected chi connectivity index (χ2v) is 4.16. The second-order valence-electron chi connectivity index (χ2n) is 4.16. The molecule has 0 aliphatic rings. The molecule has 0 amide bonds. The number of aliphatic hydroxyl groups excluding tert-OH is 1. The summed E-state index contributed by atoms with van der Waals surface area (Å²) in [5, 5.41) is 13.2. The van der Waals surface area contributed by atoms with Gasteiger partial charge in [-0.2, -0.15) is 5.10 Å². The Labute approximate surface area is 95.3 Å². The summed E-state index contributed by atoms with van der Waals surface area (Å²) >= 11 is 0. The zero-order valence-corrected chi connectivity index (χ0v) is 10.1. The van der Waals surface area contributed by atoms with Crippen molar-refractivity contribution in [1.82, 2.24) is 9.78 Å². The summed E-state index contributed by atoms with van der Waals surface area (Å²) in [5.74, 6) is 0. The molecular formula is C11H19N3O2. The van der Waals surface area contributed by atoms with Gasteiger partial charge in [0, 0.05) is 26.7 Å². The standard InChI is InChI=1S/C11H19N3O2/c1-9(15)5-4-6-14-11(16)7-10(8-12-14)13(2)3/h7-9,15H,4-6H2,1-3H3. The Hall–Kier alpha value is -1.36. The number of aromatic nitrogens is 2. The van der Waals surface area contributed by atoms with Crippen LogP contribution in [-0.2, 0) is 6.54 Å². The minimum Gasteiger partial charge on any atom is -0.393 e. The van der Waals surface area contributed by atoms with Gasteiger partial charge in [-0.3, -0.25) is 4.79 Å². The normalized spacial score (nSPS) is 12.5. The molecule has 5 nitrogen and oxygen atoms in total. The molecule has 0 saturated carbocycles. The highest BCUT2D eigenvalue weighted by molar-refractivity contribution is 5.40. The van der Waals surface area contributed by atoms with Crippen molar-refractivity contribution in [2.24, 2.45) is 0 Å². The highest BCUT2D eigenvalue weighted by atomic mass is 16.3. The maximum Gasteiger partial charge on any atom is 0.268 e. The predicted octanol–water partition coefficient (Wildman–Crippen LogP) is 0.470. The number of hydrogen-bond donors (Lipinski definition) is 1. The number of hydrogen-bond acceptors (Lipinski definition) is 4.